The van der Waals surface area contributed by atoms with E-state index in [1.807, 2.05) is 13.2 Å². The zero-order valence-corrected chi connectivity index (χ0v) is 11.4. The molecule has 0 saturated carbocycles. The normalized spacial score (nSPS) is 19.1. The third kappa shape index (κ3) is 3.37. The molecule has 0 aromatic carbocycles. The molecule has 1 heterocycles. The number of amides is 1. The van der Waals surface area contributed by atoms with Crippen molar-refractivity contribution in [1.82, 2.24) is 4.90 Å². The number of carbonyl (C=O) groups is 2. The number of carboxylic acids is 1. The number of piperidine rings is 1. The fraction of sp³-hybridized carbons (Fsp3) is 0.833. The average Bonchev–Trinajstić information content (AvgIpc) is 2.30. The highest BCUT2D eigenvalue weighted by atomic mass is 32.2. The van der Waals surface area contributed by atoms with Gasteiger partial charge in [0.2, 0.25) is 5.91 Å². The molecule has 1 rings (SSSR count). The second-order valence-electron chi connectivity index (χ2n) is 4.65. The summed E-state index contributed by atoms with van der Waals surface area (Å²) in [7, 11) is 0. The van der Waals surface area contributed by atoms with E-state index in [1.54, 1.807) is 4.90 Å². The molecule has 1 amide bonds. The molecule has 0 aliphatic carbocycles. The van der Waals surface area contributed by atoms with Gasteiger partial charge in [-0.15, -0.1) is 0 Å². The molecule has 4 nitrogen and oxygen atoms in total. The molecule has 0 radical (unpaired) electrons. The molecule has 1 aliphatic rings. The van der Waals surface area contributed by atoms with Gasteiger partial charge in [0.1, 0.15) is 0 Å². The number of carboxylic acid groups (broad SMARTS) is 1. The fourth-order valence-corrected chi connectivity index (χ4v) is 2.88. The summed E-state index contributed by atoms with van der Waals surface area (Å²) in [5.74, 6) is -0.0716. The van der Waals surface area contributed by atoms with Gasteiger partial charge in [-0.2, -0.15) is 11.8 Å². The van der Waals surface area contributed by atoms with Crippen LogP contribution in [0.2, 0.25) is 0 Å². The Bertz CT molecular complexity index is 285. The predicted molar refractivity (Wildman–Crippen MR) is 69.2 cm³/mol. The summed E-state index contributed by atoms with van der Waals surface area (Å²) < 4.78 is 0. The third-order valence-corrected chi connectivity index (χ3v) is 4.06. The molecule has 0 spiro atoms. The highest BCUT2D eigenvalue weighted by Crippen LogP contribution is 2.36. The van der Waals surface area contributed by atoms with Gasteiger partial charge in [-0.1, -0.05) is 13.3 Å². The maximum atomic E-state index is 11.7. The summed E-state index contributed by atoms with van der Waals surface area (Å²) in [4.78, 5) is 24.9. The Labute approximate surface area is 107 Å². The van der Waals surface area contributed by atoms with Gasteiger partial charge in [-0.25, -0.2) is 0 Å². The van der Waals surface area contributed by atoms with Crippen LogP contribution in [0.1, 0.15) is 32.6 Å². The van der Waals surface area contributed by atoms with Crippen LogP contribution in [0.3, 0.4) is 0 Å². The Kier molecular flexibility index (Phi) is 5.31. The first-order valence-corrected chi connectivity index (χ1v) is 7.45. The Morgan fingerprint density at radius 1 is 1.35 bits per heavy atom. The molecule has 98 valence electrons. The van der Waals surface area contributed by atoms with Crippen molar-refractivity contribution in [2.45, 2.75) is 32.6 Å². The number of hydrogen-bond acceptors (Lipinski definition) is 3. The van der Waals surface area contributed by atoms with Crippen LogP contribution in [0.4, 0.5) is 0 Å². The first-order valence-electron chi connectivity index (χ1n) is 6.06. The van der Waals surface area contributed by atoms with Gasteiger partial charge in [0.15, 0.2) is 0 Å². The number of aliphatic carboxylic acids is 1. The molecule has 0 atom stereocenters. The highest BCUT2D eigenvalue weighted by Gasteiger charge is 2.41. The average molecular weight is 259 g/mol. The lowest BCUT2D eigenvalue weighted by Crippen LogP contribution is -2.47. The van der Waals surface area contributed by atoms with Crippen LogP contribution in [0, 0.1) is 5.41 Å². The number of rotatable bonds is 5. The number of hydrogen-bond donors (Lipinski definition) is 1. The van der Waals surface area contributed by atoms with E-state index in [4.69, 9.17) is 0 Å². The second-order valence-corrected chi connectivity index (χ2v) is 5.52. The summed E-state index contributed by atoms with van der Waals surface area (Å²) in [6.45, 7) is 3.19. The van der Waals surface area contributed by atoms with Crippen LogP contribution >= 0.6 is 11.8 Å². The van der Waals surface area contributed by atoms with E-state index in [2.05, 4.69) is 0 Å². The van der Waals surface area contributed by atoms with Crippen molar-refractivity contribution in [2.24, 2.45) is 5.41 Å². The Morgan fingerprint density at radius 3 is 2.35 bits per heavy atom. The zero-order valence-electron chi connectivity index (χ0n) is 10.6. The first kappa shape index (κ1) is 14.4. The number of thioether (sulfide) groups is 1. The van der Waals surface area contributed by atoms with Gasteiger partial charge >= 0.3 is 5.97 Å². The molecule has 1 fully saturated rings. The SMILES string of the molecule is CCCC1(C(=O)O)CCN(C(=O)CSC)CC1. The fourth-order valence-electron chi connectivity index (χ4n) is 2.45. The monoisotopic (exact) mass is 259 g/mol. The smallest absolute Gasteiger partial charge is 0.309 e. The van der Waals surface area contributed by atoms with E-state index in [1.165, 1.54) is 11.8 Å². The van der Waals surface area contributed by atoms with Crippen LogP contribution < -0.4 is 0 Å². The van der Waals surface area contributed by atoms with Crippen molar-refractivity contribution >= 4 is 23.6 Å². The van der Waals surface area contributed by atoms with Crippen molar-refractivity contribution in [3.05, 3.63) is 0 Å². The van der Waals surface area contributed by atoms with Crippen molar-refractivity contribution in [3.63, 3.8) is 0 Å². The summed E-state index contributed by atoms with van der Waals surface area (Å²) in [5, 5.41) is 9.34. The van der Waals surface area contributed by atoms with Crippen LogP contribution in [-0.4, -0.2) is 47.0 Å². The summed E-state index contributed by atoms with van der Waals surface area (Å²) in [5.41, 5.74) is -0.592. The molecule has 5 heteroatoms. The van der Waals surface area contributed by atoms with E-state index < -0.39 is 11.4 Å². The second kappa shape index (κ2) is 6.28. The maximum absolute atomic E-state index is 11.7. The standard InChI is InChI=1S/C12H21NO3S/c1-3-4-12(11(15)16)5-7-13(8-6-12)10(14)9-17-2/h3-9H2,1-2H3,(H,15,16). The van der Waals surface area contributed by atoms with Crippen molar-refractivity contribution in [2.75, 3.05) is 25.1 Å². The molecule has 1 N–H and O–H groups in total. The largest absolute Gasteiger partial charge is 0.481 e. The van der Waals surface area contributed by atoms with E-state index in [9.17, 15) is 14.7 Å². The summed E-state index contributed by atoms with van der Waals surface area (Å²) >= 11 is 1.51. The molecule has 0 aromatic heterocycles. The molecular formula is C12H21NO3S. The molecular weight excluding hydrogens is 238 g/mol. The van der Waals surface area contributed by atoms with Gasteiger partial charge in [0.05, 0.1) is 11.2 Å². The lowest BCUT2D eigenvalue weighted by molar-refractivity contribution is -0.154. The molecule has 0 bridgehead atoms. The lowest BCUT2D eigenvalue weighted by atomic mass is 9.75. The van der Waals surface area contributed by atoms with Gasteiger partial charge in [0.25, 0.3) is 0 Å². The van der Waals surface area contributed by atoms with E-state index in [0.29, 0.717) is 38.1 Å². The minimum absolute atomic E-state index is 0.132. The van der Waals surface area contributed by atoms with Gasteiger partial charge in [-0.3, -0.25) is 9.59 Å². The summed E-state index contributed by atoms with van der Waals surface area (Å²) in [6.07, 6.45) is 4.69. The third-order valence-electron chi connectivity index (χ3n) is 3.52. The van der Waals surface area contributed by atoms with Gasteiger partial charge in [-0.05, 0) is 25.5 Å². The van der Waals surface area contributed by atoms with E-state index in [-0.39, 0.29) is 5.91 Å². The molecule has 17 heavy (non-hydrogen) atoms. The molecule has 1 aliphatic heterocycles. The topological polar surface area (TPSA) is 57.6 Å². The van der Waals surface area contributed by atoms with Crippen molar-refractivity contribution < 1.29 is 14.7 Å². The Morgan fingerprint density at radius 2 is 1.94 bits per heavy atom. The summed E-state index contributed by atoms with van der Waals surface area (Å²) in [6, 6.07) is 0. The Balaban J connectivity index is 2.58. The van der Waals surface area contributed by atoms with Crippen molar-refractivity contribution in [3.8, 4) is 0 Å². The van der Waals surface area contributed by atoms with E-state index >= 15 is 0 Å². The van der Waals surface area contributed by atoms with Crippen LogP contribution in [-0.2, 0) is 9.59 Å². The number of carbonyl (C=O) groups excluding carboxylic acids is 1. The molecule has 0 aromatic rings. The zero-order chi connectivity index (χ0) is 12.9. The molecule has 0 unspecified atom stereocenters. The minimum atomic E-state index is -0.698. The maximum Gasteiger partial charge on any atom is 0.309 e. The molecule has 1 saturated heterocycles. The van der Waals surface area contributed by atoms with Gasteiger partial charge < -0.3 is 10.0 Å². The lowest BCUT2D eigenvalue weighted by Gasteiger charge is -2.38. The predicted octanol–water partition coefficient (Wildman–Crippen LogP) is 1.84. The quantitative estimate of drug-likeness (QED) is 0.818. The number of likely N-dealkylation sites (tertiary alicyclic amines) is 1. The minimum Gasteiger partial charge on any atom is -0.481 e. The van der Waals surface area contributed by atoms with Crippen LogP contribution in [0.15, 0.2) is 0 Å². The highest BCUT2D eigenvalue weighted by molar-refractivity contribution is 7.99. The Hall–Kier alpha value is -0.710. The van der Waals surface area contributed by atoms with E-state index in [0.717, 1.165) is 6.42 Å². The first-order chi connectivity index (χ1) is 8.05. The van der Waals surface area contributed by atoms with Gasteiger partial charge in [0, 0.05) is 13.1 Å². The number of nitrogens with zero attached hydrogens (tertiary/aromatic N) is 1. The van der Waals surface area contributed by atoms with Crippen LogP contribution in [0.5, 0.6) is 0 Å². The van der Waals surface area contributed by atoms with Crippen molar-refractivity contribution in [1.29, 1.82) is 0 Å². The van der Waals surface area contributed by atoms with Crippen LogP contribution in [0.25, 0.3) is 0 Å².